The van der Waals surface area contributed by atoms with Gasteiger partial charge in [0.1, 0.15) is 0 Å². The first-order valence-corrected chi connectivity index (χ1v) is 11.8. The SMILES string of the molecule is C(=C1\c2ccccc2[C@H]2[C@H]3c4ccccc4/C(=C\c4ccccc4)[C@@H]3O[C@H]12)/c1ccccc1. The van der Waals surface area contributed by atoms with Gasteiger partial charge in [-0.3, -0.25) is 0 Å². The summed E-state index contributed by atoms with van der Waals surface area (Å²) in [5, 5.41) is 0. The number of rotatable bonds is 2. The summed E-state index contributed by atoms with van der Waals surface area (Å²) in [5.74, 6) is 0.674. The molecule has 1 heterocycles. The van der Waals surface area contributed by atoms with Crippen molar-refractivity contribution in [3.05, 3.63) is 143 Å². The molecule has 1 aliphatic heterocycles. The summed E-state index contributed by atoms with van der Waals surface area (Å²) in [6, 6.07) is 39.1. The first-order chi connectivity index (χ1) is 16.4. The standard InChI is InChI=1S/C32H24O/c1-3-11-21(12-4-1)19-27-23-15-7-9-17-25(23)29-30-26-18-10-8-16-24(26)28(32(30)33-31(27)29)20-22-13-5-2-6-14-22/h1-20,29-32H/b27-19-,28-20+/t29-,30+,31+,32-/m0/s1. The third kappa shape index (κ3) is 2.90. The molecule has 33 heavy (non-hydrogen) atoms. The van der Waals surface area contributed by atoms with Crippen LogP contribution >= 0.6 is 0 Å². The second-order valence-corrected chi connectivity index (χ2v) is 9.22. The Bertz CT molecular complexity index is 1290. The number of ether oxygens (including phenoxy) is 1. The lowest BCUT2D eigenvalue weighted by molar-refractivity contribution is 0.110. The summed E-state index contributed by atoms with van der Waals surface area (Å²) < 4.78 is 7.01. The zero-order valence-electron chi connectivity index (χ0n) is 18.3. The summed E-state index contributed by atoms with van der Waals surface area (Å²) in [7, 11) is 0. The van der Waals surface area contributed by atoms with Gasteiger partial charge in [-0.25, -0.2) is 0 Å². The van der Waals surface area contributed by atoms with Crippen LogP contribution in [0.25, 0.3) is 23.3 Å². The number of fused-ring (bicyclic) bond motifs is 7. The summed E-state index contributed by atoms with van der Waals surface area (Å²) in [6.45, 7) is 0. The van der Waals surface area contributed by atoms with E-state index < -0.39 is 0 Å². The fraction of sp³-hybridized carbons (Fsp3) is 0.125. The van der Waals surface area contributed by atoms with Gasteiger partial charge in [0.25, 0.3) is 0 Å². The fourth-order valence-corrected chi connectivity index (χ4v) is 6.14. The molecule has 1 fully saturated rings. The van der Waals surface area contributed by atoms with Crippen molar-refractivity contribution >= 4 is 23.3 Å². The minimum atomic E-state index is 0.0742. The molecule has 0 bridgehead atoms. The Morgan fingerprint density at radius 3 is 1.30 bits per heavy atom. The van der Waals surface area contributed by atoms with E-state index in [4.69, 9.17) is 4.74 Å². The third-order valence-corrected chi connectivity index (χ3v) is 7.45. The molecule has 3 aliphatic rings. The minimum Gasteiger partial charge on any atom is -0.364 e. The highest BCUT2D eigenvalue weighted by Crippen LogP contribution is 2.62. The van der Waals surface area contributed by atoms with E-state index in [1.807, 2.05) is 0 Å². The van der Waals surface area contributed by atoms with E-state index in [1.54, 1.807) is 0 Å². The van der Waals surface area contributed by atoms with Gasteiger partial charge in [0.05, 0.1) is 12.2 Å². The van der Waals surface area contributed by atoms with Crippen LogP contribution in [-0.4, -0.2) is 12.2 Å². The van der Waals surface area contributed by atoms with Gasteiger partial charge in [0.15, 0.2) is 0 Å². The zero-order valence-corrected chi connectivity index (χ0v) is 18.3. The van der Waals surface area contributed by atoms with Crippen LogP contribution in [0.2, 0.25) is 0 Å². The molecule has 0 saturated carbocycles. The molecule has 158 valence electrons. The van der Waals surface area contributed by atoms with Gasteiger partial charge in [-0.2, -0.15) is 0 Å². The predicted molar refractivity (Wildman–Crippen MR) is 136 cm³/mol. The normalized spacial score (nSPS) is 26.8. The van der Waals surface area contributed by atoms with Crippen LogP contribution in [0.4, 0.5) is 0 Å². The molecule has 0 unspecified atom stereocenters. The van der Waals surface area contributed by atoms with Crippen LogP contribution in [0, 0.1) is 0 Å². The maximum Gasteiger partial charge on any atom is 0.0915 e. The van der Waals surface area contributed by atoms with Crippen molar-refractivity contribution in [1.29, 1.82) is 0 Å². The fourth-order valence-electron chi connectivity index (χ4n) is 6.14. The second-order valence-electron chi connectivity index (χ2n) is 9.22. The lowest BCUT2D eigenvalue weighted by Crippen LogP contribution is -2.12. The molecule has 0 N–H and O–H groups in total. The smallest absolute Gasteiger partial charge is 0.0915 e. The van der Waals surface area contributed by atoms with E-state index in [0.29, 0.717) is 11.8 Å². The molecule has 4 aromatic carbocycles. The molecular weight excluding hydrogens is 400 g/mol. The predicted octanol–water partition coefficient (Wildman–Crippen LogP) is 7.43. The summed E-state index contributed by atoms with van der Waals surface area (Å²) in [6.07, 6.45) is 4.81. The topological polar surface area (TPSA) is 9.23 Å². The van der Waals surface area contributed by atoms with Gasteiger partial charge in [-0.1, -0.05) is 109 Å². The highest BCUT2D eigenvalue weighted by molar-refractivity contribution is 5.94. The van der Waals surface area contributed by atoms with Crippen LogP contribution in [0.5, 0.6) is 0 Å². The molecule has 0 spiro atoms. The molecule has 4 atom stereocenters. The minimum absolute atomic E-state index is 0.0742. The first-order valence-electron chi connectivity index (χ1n) is 11.8. The summed E-state index contributed by atoms with van der Waals surface area (Å²) in [5.41, 5.74) is 10.6. The Hall–Kier alpha value is -3.68. The van der Waals surface area contributed by atoms with Crippen LogP contribution in [-0.2, 0) is 4.74 Å². The van der Waals surface area contributed by atoms with Gasteiger partial charge < -0.3 is 4.74 Å². The van der Waals surface area contributed by atoms with Crippen molar-refractivity contribution in [3.63, 3.8) is 0 Å². The maximum absolute atomic E-state index is 7.01. The van der Waals surface area contributed by atoms with E-state index in [-0.39, 0.29) is 12.2 Å². The molecule has 7 rings (SSSR count). The van der Waals surface area contributed by atoms with E-state index in [0.717, 1.165) is 0 Å². The Morgan fingerprint density at radius 2 is 0.848 bits per heavy atom. The van der Waals surface area contributed by atoms with Crippen molar-refractivity contribution in [1.82, 2.24) is 0 Å². The average Bonchev–Trinajstić information content (AvgIpc) is 3.49. The van der Waals surface area contributed by atoms with Crippen molar-refractivity contribution in [2.45, 2.75) is 24.0 Å². The van der Waals surface area contributed by atoms with E-state index in [1.165, 1.54) is 44.5 Å². The van der Waals surface area contributed by atoms with Gasteiger partial charge in [0.2, 0.25) is 0 Å². The average molecular weight is 425 g/mol. The molecular formula is C32H24O. The van der Waals surface area contributed by atoms with Crippen LogP contribution in [0.1, 0.15) is 45.2 Å². The lowest BCUT2D eigenvalue weighted by Gasteiger charge is -2.17. The molecule has 1 heteroatoms. The maximum atomic E-state index is 7.01. The molecule has 4 aromatic rings. The van der Waals surface area contributed by atoms with Crippen LogP contribution < -0.4 is 0 Å². The molecule has 0 amide bonds. The van der Waals surface area contributed by atoms with Gasteiger partial charge in [-0.15, -0.1) is 0 Å². The van der Waals surface area contributed by atoms with E-state index in [2.05, 4.69) is 121 Å². The van der Waals surface area contributed by atoms with Crippen LogP contribution in [0.3, 0.4) is 0 Å². The third-order valence-electron chi connectivity index (χ3n) is 7.45. The van der Waals surface area contributed by atoms with Crippen molar-refractivity contribution < 1.29 is 4.74 Å². The Labute approximate surface area is 194 Å². The monoisotopic (exact) mass is 424 g/mol. The largest absolute Gasteiger partial charge is 0.364 e. The number of hydrogen-bond acceptors (Lipinski definition) is 1. The number of benzene rings is 4. The Morgan fingerprint density at radius 1 is 0.455 bits per heavy atom. The Balaban J connectivity index is 1.40. The quantitative estimate of drug-likeness (QED) is 0.325. The Kier molecular flexibility index (Phi) is 4.25. The highest BCUT2D eigenvalue weighted by Gasteiger charge is 2.56. The molecule has 0 aromatic heterocycles. The van der Waals surface area contributed by atoms with Crippen molar-refractivity contribution in [2.75, 3.05) is 0 Å². The molecule has 1 saturated heterocycles. The number of hydrogen-bond donors (Lipinski definition) is 0. The first kappa shape index (κ1) is 18.8. The second kappa shape index (κ2) is 7.43. The van der Waals surface area contributed by atoms with Crippen molar-refractivity contribution in [3.8, 4) is 0 Å². The summed E-state index contributed by atoms with van der Waals surface area (Å²) in [4.78, 5) is 0. The lowest BCUT2D eigenvalue weighted by atomic mass is 9.83. The summed E-state index contributed by atoms with van der Waals surface area (Å²) >= 11 is 0. The van der Waals surface area contributed by atoms with E-state index >= 15 is 0 Å². The molecule has 0 radical (unpaired) electrons. The van der Waals surface area contributed by atoms with E-state index in [9.17, 15) is 0 Å². The van der Waals surface area contributed by atoms with Gasteiger partial charge >= 0.3 is 0 Å². The van der Waals surface area contributed by atoms with Gasteiger partial charge in [-0.05, 0) is 56.7 Å². The van der Waals surface area contributed by atoms with Crippen molar-refractivity contribution in [2.24, 2.45) is 0 Å². The van der Waals surface area contributed by atoms with Gasteiger partial charge in [0, 0.05) is 11.8 Å². The highest BCUT2D eigenvalue weighted by atomic mass is 16.5. The van der Waals surface area contributed by atoms with Crippen LogP contribution in [0.15, 0.2) is 109 Å². The molecule has 2 aliphatic carbocycles. The molecule has 1 nitrogen and oxygen atoms in total. The zero-order chi connectivity index (χ0) is 21.8.